The van der Waals surface area contributed by atoms with Gasteiger partial charge in [0.2, 0.25) is 0 Å². The van der Waals surface area contributed by atoms with Crippen molar-refractivity contribution in [3.05, 3.63) is 29.7 Å². The van der Waals surface area contributed by atoms with E-state index in [4.69, 9.17) is 0 Å². The predicted molar refractivity (Wildman–Crippen MR) is 68.6 cm³/mol. The zero-order valence-electron chi connectivity index (χ0n) is 10.6. The number of hydrogen-bond acceptors (Lipinski definition) is 6. The second kappa shape index (κ2) is 6.43. The molecule has 0 spiro atoms. The fraction of sp³-hybridized carbons (Fsp3) is 0.364. The molecular formula is C11H15N7O. The Morgan fingerprint density at radius 1 is 1.47 bits per heavy atom. The van der Waals surface area contributed by atoms with Crippen LogP contribution in [0, 0.1) is 0 Å². The lowest BCUT2D eigenvalue weighted by Crippen LogP contribution is -2.20. The number of nitrogens with one attached hydrogen (secondary N) is 3. The summed E-state index contributed by atoms with van der Waals surface area (Å²) >= 11 is 0. The molecule has 0 radical (unpaired) electrons. The van der Waals surface area contributed by atoms with Crippen LogP contribution in [0.4, 0.5) is 5.82 Å². The van der Waals surface area contributed by atoms with Crippen LogP contribution in [0.3, 0.4) is 0 Å². The third-order valence-electron chi connectivity index (χ3n) is 2.54. The minimum atomic E-state index is -0.159. The standard InChI is InChI=1S/C11H15N7O/c1-12-11(19)8-4-2-6-13-10(8)14-7-3-5-9-15-17-18-16-9/h2,4,6H,3,5,7H2,1H3,(H,12,19)(H,13,14)(H,15,16,17,18). The fourth-order valence-corrected chi connectivity index (χ4v) is 1.61. The highest BCUT2D eigenvalue weighted by Crippen LogP contribution is 2.11. The van der Waals surface area contributed by atoms with Crippen molar-refractivity contribution in [3.8, 4) is 0 Å². The lowest BCUT2D eigenvalue weighted by atomic mass is 10.2. The van der Waals surface area contributed by atoms with E-state index in [-0.39, 0.29) is 5.91 Å². The normalized spacial score (nSPS) is 10.2. The van der Waals surface area contributed by atoms with E-state index < -0.39 is 0 Å². The first-order chi connectivity index (χ1) is 9.31. The van der Waals surface area contributed by atoms with Crippen molar-refractivity contribution in [2.45, 2.75) is 12.8 Å². The number of hydrogen-bond donors (Lipinski definition) is 3. The minimum absolute atomic E-state index is 0.159. The molecule has 1 amide bonds. The van der Waals surface area contributed by atoms with E-state index in [1.54, 1.807) is 25.4 Å². The van der Waals surface area contributed by atoms with Gasteiger partial charge in [0.1, 0.15) is 5.82 Å². The molecule has 0 aliphatic heterocycles. The van der Waals surface area contributed by atoms with Crippen LogP contribution < -0.4 is 10.6 Å². The summed E-state index contributed by atoms with van der Waals surface area (Å²) in [6.45, 7) is 0.676. The molecule has 0 atom stereocenters. The van der Waals surface area contributed by atoms with Crippen molar-refractivity contribution in [1.29, 1.82) is 0 Å². The van der Waals surface area contributed by atoms with E-state index in [1.807, 2.05) is 0 Å². The van der Waals surface area contributed by atoms with Gasteiger partial charge in [-0.1, -0.05) is 5.21 Å². The lowest BCUT2D eigenvalue weighted by Gasteiger charge is -2.09. The number of aromatic amines is 1. The molecule has 19 heavy (non-hydrogen) atoms. The smallest absolute Gasteiger partial charge is 0.254 e. The maximum Gasteiger partial charge on any atom is 0.254 e. The zero-order valence-corrected chi connectivity index (χ0v) is 10.6. The molecule has 0 aromatic carbocycles. The molecule has 0 bridgehead atoms. The minimum Gasteiger partial charge on any atom is -0.369 e. The van der Waals surface area contributed by atoms with Gasteiger partial charge in [-0.15, -0.1) is 10.2 Å². The van der Waals surface area contributed by atoms with Gasteiger partial charge >= 0.3 is 0 Å². The highest BCUT2D eigenvalue weighted by Gasteiger charge is 2.09. The van der Waals surface area contributed by atoms with Crippen LogP contribution >= 0.6 is 0 Å². The summed E-state index contributed by atoms with van der Waals surface area (Å²) in [5.41, 5.74) is 0.532. The second-order valence-corrected chi connectivity index (χ2v) is 3.84. The highest BCUT2D eigenvalue weighted by atomic mass is 16.1. The third-order valence-corrected chi connectivity index (χ3v) is 2.54. The quantitative estimate of drug-likeness (QED) is 0.631. The summed E-state index contributed by atoms with van der Waals surface area (Å²) in [6, 6.07) is 3.46. The van der Waals surface area contributed by atoms with Crippen molar-refractivity contribution in [1.82, 2.24) is 30.9 Å². The van der Waals surface area contributed by atoms with Gasteiger partial charge in [0, 0.05) is 26.2 Å². The molecule has 0 fully saturated rings. The summed E-state index contributed by atoms with van der Waals surface area (Å²) in [4.78, 5) is 15.8. The summed E-state index contributed by atoms with van der Waals surface area (Å²) in [7, 11) is 1.59. The first kappa shape index (κ1) is 12.9. The third kappa shape index (κ3) is 3.47. The Morgan fingerprint density at radius 2 is 2.37 bits per heavy atom. The molecule has 3 N–H and O–H groups in total. The van der Waals surface area contributed by atoms with Gasteiger partial charge in [-0.2, -0.15) is 5.21 Å². The first-order valence-corrected chi connectivity index (χ1v) is 5.94. The van der Waals surface area contributed by atoms with E-state index in [1.165, 1.54) is 0 Å². The highest BCUT2D eigenvalue weighted by molar-refractivity contribution is 5.98. The molecule has 0 saturated carbocycles. The Bertz CT molecular complexity index is 526. The zero-order chi connectivity index (χ0) is 13.5. The van der Waals surface area contributed by atoms with E-state index >= 15 is 0 Å². The number of nitrogens with zero attached hydrogens (tertiary/aromatic N) is 4. The number of carbonyl (C=O) groups is 1. The number of aromatic nitrogens is 5. The molecule has 0 unspecified atom stereocenters. The largest absolute Gasteiger partial charge is 0.369 e. The molecule has 2 heterocycles. The molecule has 0 aliphatic carbocycles. The van der Waals surface area contributed by atoms with Gasteiger partial charge < -0.3 is 10.6 Å². The number of amides is 1. The van der Waals surface area contributed by atoms with Crippen LogP contribution in [0.25, 0.3) is 0 Å². The summed E-state index contributed by atoms with van der Waals surface area (Å²) in [6.07, 6.45) is 3.18. The van der Waals surface area contributed by atoms with Crippen molar-refractivity contribution < 1.29 is 4.79 Å². The van der Waals surface area contributed by atoms with Gasteiger partial charge in [-0.3, -0.25) is 4.79 Å². The van der Waals surface area contributed by atoms with Gasteiger partial charge in [0.15, 0.2) is 5.82 Å². The van der Waals surface area contributed by atoms with Crippen LogP contribution in [-0.4, -0.2) is 45.1 Å². The van der Waals surface area contributed by atoms with Crippen molar-refractivity contribution in [2.75, 3.05) is 18.9 Å². The van der Waals surface area contributed by atoms with Gasteiger partial charge in [0.05, 0.1) is 5.56 Å². The number of H-pyrrole nitrogens is 1. The molecule has 100 valence electrons. The second-order valence-electron chi connectivity index (χ2n) is 3.84. The summed E-state index contributed by atoms with van der Waals surface area (Å²) in [5.74, 6) is 1.10. The van der Waals surface area contributed by atoms with Gasteiger partial charge in [-0.25, -0.2) is 4.98 Å². The average Bonchev–Trinajstić information content (AvgIpc) is 2.96. The molecular weight excluding hydrogens is 246 g/mol. The Kier molecular flexibility index (Phi) is 4.38. The van der Waals surface area contributed by atoms with E-state index in [2.05, 4.69) is 36.2 Å². The van der Waals surface area contributed by atoms with E-state index in [9.17, 15) is 4.79 Å². The van der Waals surface area contributed by atoms with E-state index in [0.29, 0.717) is 30.2 Å². The van der Waals surface area contributed by atoms with Crippen molar-refractivity contribution in [2.24, 2.45) is 0 Å². The Balaban J connectivity index is 1.87. The monoisotopic (exact) mass is 261 g/mol. The SMILES string of the molecule is CNC(=O)c1cccnc1NCCCc1nn[nH]n1. The number of carbonyl (C=O) groups excluding carboxylic acids is 1. The number of aryl methyl sites for hydroxylation is 1. The molecule has 8 heteroatoms. The molecule has 2 rings (SSSR count). The predicted octanol–water partition coefficient (Wildman–Crippen LogP) is -0.00100. The van der Waals surface area contributed by atoms with Crippen LogP contribution in [0.2, 0.25) is 0 Å². The maximum absolute atomic E-state index is 11.6. The number of rotatable bonds is 6. The number of pyridine rings is 1. The van der Waals surface area contributed by atoms with Crippen LogP contribution in [0.5, 0.6) is 0 Å². The summed E-state index contributed by atoms with van der Waals surface area (Å²) < 4.78 is 0. The molecule has 0 aliphatic rings. The van der Waals surface area contributed by atoms with Crippen molar-refractivity contribution in [3.63, 3.8) is 0 Å². The molecule has 8 nitrogen and oxygen atoms in total. The number of tetrazole rings is 1. The average molecular weight is 261 g/mol. The fourth-order valence-electron chi connectivity index (χ4n) is 1.61. The van der Waals surface area contributed by atoms with Crippen LogP contribution in [-0.2, 0) is 6.42 Å². The van der Waals surface area contributed by atoms with Gasteiger partial charge in [0.25, 0.3) is 5.91 Å². The van der Waals surface area contributed by atoms with Gasteiger partial charge in [-0.05, 0) is 18.6 Å². The van der Waals surface area contributed by atoms with E-state index in [0.717, 1.165) is 6.42 Å². The number of anilines is 1. The summed E-state index contributed by atoms with van der Waals surface area (Å²) in [5, 5.41) is 19.3. The van der Waals surface area contributed by atoms with Crippen LogP contribution in [0.1, 0.15) is 22.6 Å². The molecule has 2 aromatic heterocycles. The lowest BCUT2D eigenvalue weighted by molar-refractivity contribution is 0.0963. The first-order valence-electron chi connectivity index (χ1n) is 5.94. The van der Waals surface area contributed by atoms with Crippen molar-refractivity contribution >= 4 is 11.7 Å². The maximum atomic E-state index is 11.6. The topological polar surface area (TPSA) is 108 Å². The Labute approximate surface area is 110 Å². The Morgan fingerprint density at radius 3 is 3.11 bits per heavy atom. The molecule has 2 aromatic rings. The Hall–Kier alpha value is -2.51. The van der Waals surface area contributed by atoms with Crippen LogP contribution in [0.15, 0.2) is 18.3 Å². The molecule has 0 saturated heterocycles.